The Bertz CT molecular complexity index is 1300. The summed E-state index contributed by atoms with van der Waals surface area (Å²) in [6, 6.07) is 18.4. The highest BCUT2D eigenvalue weighted by Gasteiger charge is 2.27. The predicted molar refractivity (Wildman–Crippen MR) is 122 cm³/mol. The molecule has 1 aliphatic carbocycles. The first kappa shape index (κ1) is 19.2. The largest absolute Gasteiger partial charge is 0.493 e. The van der Waals surface area contributed by atoms with Crippen LogP contribution in [0.1, 0.15) is 11.1 Å². The van der Waals surface area contributed by atoms with Gasteiger partial charge in [-0.3, -0.25) is 0 Å². The lowest BCUT2D eigenvalue weighted by Gasteiger charge is -2.15. The van der Waals surface area contributed by atoms with E-state index in [0.29, 0.717) is 17.2 Å². The number of methoxy groups -OCH3 is 4. The maximum absolute atomic E-state index is 5.61. The van der Waals surface area contributed by atoms with E-state index in [0.717, 1.165) is 45.5 Å². The minimum absolute atomic E-state index is 0.688. The molecule has 5 rings (SSSR count). The number of hydrogen-bond donors (Lipinski definition) is 0. The summed E-state index contributed by atoms with van der Waals surface area (Å²) >= 11 is 0. The van der Waals surface area contributed by atoms with E-state index in [1.165, 1.54) is 11.1 Å². The van der Waals surface area contributed by atoms with Gasteiger partial charge in [-0.15, -0.1) is 0 Å². The molecule has 0 aliphatic heterocycles. The van der Waals surface area contributed by atoms with E-state index < -0.39 is 0 Å². The number of fused-ring (bicyclic) bond motifs is 5. The molecule has 0 fully saturated rings. The molecule has 0 radical (unpaired) electrons. The molecule has 1 aromatic heterocycles. The summed E-state index contributed by atoms with van der Waals surface area (Å²) in [5, 5.41) is 2.14. The van der Waals surface area contributed by atoms with Crippen molar-refractivity contribution in [3.63, 3.8) is 0 Å². The van der Waals surface area contributed by atoms with Crippen LogP contribution in [0.15, 0.2) is 54.6 Å². The Balaban J connectivity index is 1.86. The van der Waals surface area contributed by atoms with Crippen molar-refractivity contribution in [2.45, 2.75) is 6.42 Å². The molecule has 0 unspecified atom stereocenters. The average molecular weight is 413 g/mol. The van der Waals surface area contributed by atoms with Gasteiger partial charge in [-0.25, -0.2) is 4.98 Å². The van der Waals surface area contributed by atoms with Gasteiger partial charge in [0.2, 0.25) is 0 Å². The molecule has 5 heteroatoms. The Morgan fingerprint density at radius 2 is 1.23 bits per heavy atom. The SMILES string of the molecule is COc1cc2c(cc1OC)-c1nc(-c3ccccc3)c3cc(OC)c(OC)cc3c1C2. The fourth-order valence-electron chi connectivity index (χ4n) is 4.39. The topological polar surface area (TPSA) is 49.8 Å². The summed E-state index contributed by atoms with van der Waals surface area (Å²) in [5.41, 5.74) is 6.34. The summed E-state index contributed by atoms with van der Waals surface area (Å²) in [4.78, 5) is 5.16. The summed E-state index contributed by atoms with van der Waals surface area (Å²) < 4.78 is 22.3. The lowest BCUT2D eigenvalue weighted by atomic mass is 9.97. The van der Waals surface area contributed by atoms with Crippen LogP contribution in [-0.4, -0.2) is 33.4 Å². The highest BCUT2D eigenvalue weighted by atomic mass is 16.5. The second-order valence-corrected chi connectivity index (χ2v) is 7.45. The molecule has 0 spiro atoms. The van der Waals surface area contributed by atoms with Crippen LogP contribution in [0.2, 0.25) is 0 Å². The van der Waals surface area contributed by atoms with E-state index in [9.17, 15) is 0 Å². The van der Waals surface area contributed by atoms with Gasteiger partial charge in [-0.2, -0.15) is 0 Å². The Morgan fingerprint density at radius 1 is 0.645 bits per heavy atom. The molecule has 0 N–H and O–H groups in total. The van der Waals surface area contributed by atoms with Crippen molar-refractivity contribution in [1.29, 1.82) is 0 Å². The van der Waals surface area contributed by atoms with Gasteiger partial charge in [-0.1, -0.05) is 30.3 Å². The number of nitrogens with zero attached hydrogens (tertiary/aromatic N) is 1. The van der Waals surface area contributed by atoms with E-state index in [2.05, 4.69) is 18.2 Å². The molecular weight excluding hydrogens is 390 g/mol. The fourth-order valence-corrected chi connectivity index (χ4v) is 4.39. The van der Waals surface area contributed by atoms with E-state index in [-0.39, 0.29) is 0 Å². The van der Waals surface area contributed by atoms with Crippen molar-refractivity contribution in [2.24, 2.45) is 0 Å². The number of rotatable bonds is 5. The van der Waals surface area contributed by atoms with Crippen LogP contribution < -0.4 is 18.9 Å². The van der Waals surface area contributed by atoms with Crippen LogP contribution in [0.5, 0.6) is 23.0 Å². The number of ether oxygens (including phenoxy) is 4. The third kappa shape index (κ3) is 2.96. The minimum Gasteiger partial charge on any atom is -0.493 e. The van der Waals surface area contributed by atoms with E-state index in [1.807, 2.05) is 36.4 Å². The van der Waals surface area contributed by atoms with Gasteiger partial charge in [0.05, 0.1) is 39.8 Å². The number of pyridine rings is 1. The smallest absolute Gasteiger partial charge is 0.161 e. The van der Waals surface area contributed by atoms with Gasteiger partial charge in [0.25, 0.3) is 0 Å². The summed E-state index contributed by atoms with van der Waals surface area (Å²) in [7, 11) is 6.62. The maximum atomic E-state index is 5.61. The standard InChI is InChI=1S/C26H23NO4/c1-28-21-11-16-10-19-18-13-23(30-3)24(31-4)14-20(18)25(15-8-6-5-7-9-15)27-26(19)17(16)12-22(21)29-2/h5-9,11-14H,10H2,1-4H3. The molecule has 156 valence electrons. The Hall–Kier alpha value is -3.73. The molecule has 0 amide bonds. The molecule has 0 saturated heterocycles. The lowest BCUT2D eigenvalue weighted by molar-refractivity contribution is 0.355. The van der Waals surface area contributed by atoms with Crippen LogP contribution in [0.25, 0.3) is 33.3 Å². The lowest BCUT2D eigenvalue weighted by Crippen LogP contribution is -1.97. The number of benzene rings is 3. The first-order valence-corrected chi connectivity index (χ1v) is 10.1. The van der Waals surface area contributed by atoms with Crippen molar-refractivity contribution in [2.75, 3.05) is 28.4 Å². The second kappa shape index (κ2) is 7.51. The van der Waals surface area contributed by atoms with Crippen LogP contribution in [0.4, 0.5) is 0 Å². The van der Waals surface area contributed by atoms with Gasteiger partial charge >= 0.3 is 0 Å². The zero-order valence-electron chi connectivity index (χ0n) is 18.0. The zero-order valence-corrected chi connectivity index (χ0v) is 18.0. The van der Waals surface area contributed by atoms with Crippen molar-refractivity contribution in [1.82, 2.24) is 4.98 Å². The van der Waals surface area contributed by atoms with Crippen molar-refractivity contribution in [3.05, 3.63) is 65.7 Å². The Morgan fingerprint density at radius 3 is 1.87 bits per heavy atom. The molecular formula is C26H23NO4. The summed E-state index contributed by atoms with van der Waals surface area (Å²) in [6.07, 6.45) is 0.763. The monoisotopic (exact) mass is 413 g/mol. The van der Waals surface area contributed by atoms with Crippen molar-refractivity contribution in [3.8, 4) is 45.5 Å². The molecule has 5 nitrogen and oxygen atoms in total. The molecule has 31 heavy (non-hydrogen) atoms. The zero-order chi connectivity index (χ0) is 21.5. The molecule has 0 atom stereocenters. The van der Waals surface area contributed by atoms with Crippen molar-refractivity contribution >= 4 is 10.8 Å². The second-order valence-electron chi connectivity index (χ2n) is 7.45. The molecule has 0 saturated carbocycles. The quantitative estimate of drug-likeness (QED) is 0.380. The fraction of sp³-hybridized carbons (Fsp3) is 0.192. The molecule has 1 heterocycles. The van der Waals surface area contributed by atoms with E-state index in [4.69, 9.17) is 23.9 Å². The third-order valence-corrected chi connectivity index (χ3v) is 5.89. The Kier molecular flexibility index (Phi) is 4.66. The molecule has 0 bridgehead atoms. The molecule has 3 aromatic carbocycles. The van der Waals surface area contributed by atoms with Gasteiger partial charge in [0.1, 0.15) is 0 Å². The predicted octanol–water partition coefficient (Wildman–Crippen LogP) is 5.51. The van der Waals surface area contributed by atoms with Gasteiger partial charge < -0.3 is 18.9 Å². The Labute approximate surface area is 181 Å². The van der Waals surface area contributed by atoms with Crippen LogP contribution >= 0.6 is 0 Å². The van der Waals surface area contributed by atoms with E-state index in [1.54, 1.807) is 28.4 Å². The van der Waals surface area contributed by atoms with Crippen LogP contribution in [0.3, 0.4) is 0 Å². The molecule has 1 aliphatic rings. The maximum Gasteiger partial charge on any atom is 0.161 e. The summed E-state index contributed by atoms with van der Waals surface area (Å²) in [6.45, 7) is 0. The normalized spacial score (nSPS) is 11.7. The summed E-state index contributed by atoms with van der Waals surface area (Å²) in [5.74, 6) is 2.81. The van der Waals surface area contributed by atoms with Crippen LogP contribution in [0, 0.1) is 0 Å². The van der Waals surface area contributed by atoms with Gasteiger partial charge in [0, 0.05) is 22.9 Å². The minimum atomic E-state index is 0.688. The molecule has 4 aromatic rings. The highest BCUT2D eigenvalue weighted by Crippen LogP contribution is 2.47. The highest BCUT2D eigenvalue weighted by molar-refractivity contribution is 6.03. The third-order valence-electron chi connectivity index (χ3n) is 5.89. The van der Waals surface area contributed by atoms with Gasteiger partial charge in [-0.05, 0) is 40.8 Å². The number of hydrogen-bond acceptors (Lipinski definition) is 5. The van der Waals surface area contributed by atoms with Gasteiger partial charge in [0.15, 0.2) is 23.0 Å². The van der Waals surface area contributed by atoms with Crippen molar-refractivity contribution < 1.29 is 18.9 Å². The average Bonchev–Trinajstić information content (AvgIpc) is 3.19. The first-order valence-electron chi connectivity index (χ1n) is 10.1. The van der Waals surface area contributed by atoms with E-state index >= 15 is 0 Å². The first-order chi connectivity index (χ1) is 15.2. The number of aromatic nitrogens is 1. The van der Waals surface area contributed by atoms with Crippen LogP contribution in [-0.2, 0) is 6.42 Å².